The summed E-state index contributed by atoms with van der Waals surface area (Å²) in [4.78, 5) is 10.5. The van der Waals surface area contributed by atoms with E-state index >= 15 is 0 Å². The van der Waals surface area contributed by atoms with Crippen molar-refractivity contribution >= 4 is 6.29 Å². The van der Waals surface area contributed by atoms with Crippen molar-refractivity contribution in [3.05, 3.63) is 0 Å². The van der Waals surface area contributed by atoms with Gasteiger partial charge in [0.05, 0.1) is 6.10 Å². The average Bonchev–Trinajstić information content (AvgIpc) is 2.67. The highest BCUT2D eigenvalue weighted by atomic mass is 16.5. The van der Waals surface area contributed by atoms with Gasteiger partial charge in [-0.15, -0.1) is 0 Å². The second kappa shape index (κ2) is 4.92. The average molecular weight is 196 g/mol. The number of rotatable bonds is 3. The Morgan fingerprint density at radius 1 is 1.07 bits per heavy atom. The van der Waals surface area contributed by atoms with Gasteiger partial charge in [-0.1, -0.05) is 32.1 Å². The summed E-state index contributed by atoms with van der Waals surface area (Å²) >= 11 is 0. The van der Waals surface area contributed by atoms with Crippen molar-refractivity contribution in [3.63, 3.8) is 0 Å². The van der Waals surface area contributed by atoms with E-state index in [9.17, 15) is 4.79 Å². The summed E-state index contributed by atoms with van der Waals surface area (Å²) in [6.07, 6.45) is 11.5. The monoisotopic (exact) mass is 196 g/mol. The van der Waals surface area contributed by atoms with Crippen LogP contribution in [0.4, 0.5) is 0 Å². The highest BCUT2D eigenvalue weighted by molar-refractivity contribution is 5.56. The molecular formula is C12H20O2. The number of carbonyl (C=O) groups is 1. The SMILES string of the molecule is O=CC1CCC(CC2CCCCC2)O1. The molecule has 0 bridgehead atoms. The Morgan fingerprint density at radius 3 is 2.50 bits per heavy atom. The highest BCUT2D eigenvalue weighted by Gasteiger charge is 2.27. The molecule has 14 heavy (non-hydrogen) atoms. The summed E-state index contributed by atoms with van der Waals surface area (Å²) < 4.78 is 5.65. The Labute approximate surface area is 86.0 Å². The predicted molar refractivity (Wildman–Crippen MR) is 55.2 cm³/mol. The molecule has 2 atom stereocenters. The zero-order valence-electron chi connectivity index (χ0n) is 8.78. The minimum absolute atomic E-state index is 0.0939. The van der Waals surface area contributed by atoms with Gasteiger partial charge in [-0.05, 0) is 25.2 Å². The summed E-state index contributed by atoms with van der Waals surface area (Å²) in [6, 6.07) is 0. The van der Waals surface area contributed by atoms with Crippen LogP contribution in [0.5, 0.6) is 0 Å². The zero-order valence-corrected chi connectivity index (χ0v) is 8.78. The van der Waals surface area contributed by atoms with Gasteiger partial charge in [0.25, 0.3) is 0 Å². The van der Waals surface area contributed by atoms with Crippen LogP contribution in [0.3, 0.4) is 0 Å². The van der Waals surface area contributed by atoms with Crippen molar-refractivity contribution < 1.29 is 9.53 Å². The fraction of sp³-hybridized carbons (Fsp3) is 0.917. The minimum Gasteiger partial charge on any atom is -0.368 e. The normalized spacial score (nSPS) is 34.6. The van der Waals surface area contributed by atoms with Gasteiger partial charge in [-0.3, -0.25) is 0 Å². The summed E-state index contributed by atoms with van der Waals surface area (Å²) in [7, 11) is 0. The molecule has 0 radical (unpaired) electrons. The minimum atomic E-state index is -0.0939. The van der Waals surface area contributed by atoms with E-state index in [-0.39, 0.29) is 6.10 Å². The molecule has 1 aliphatic heterocycles. The lowest BCUT2D eigenvalue weighted by Crippen LogP contribution is -2.17. The number of aldehydes is 1. The molecule has 2 rings (SSSR count). The third-order valence-electron chi connectivity index (χ3n) is 3.61. The van der Waals surface area contributed by atoms with Crippen LogP contribution in [-0.4, -0.2) is 18.5 Å². The van der Waals surface area contributed by atoms with Crippen LogP contribution >= 0.6 is 0 Å². The number of hydrogen-bond donors (Lipinski definition) is 0. The Bertz CT molecular complexity index is 185. The fourth-order valence-electron chi connectivity index (χ4n) is 2.80. The molecule has 1 heterocycles. The molecule has 0 amide bonds. The van der Waals surface area contributed by atoms with Gasteiger partial charge < -0.3 is 9.53 Å². The van der Waals surface area contributed by atoms with Gasteiger partial charge in [0.1, 0.15) is 12.4 Å². The van der Waals surface area contributed by atoms with Crippen LogP contribution in [0.15, 0.2) is 0 Å². The summed E-state index contributed by atoms with van der Waals surface area (Å²) in [5, 5.41) is 0. The van der Waals surface area contributed by atoms with Crippen LogP contribution in [0.2, 0.25) is 0 Å². The van der Waals surface area contributed by atoms with Crippen LogP contribution < -0.4 is 0 Å². The third-order valence-corrected chi connectivity index (χ3v) is 3.61. The zero-order chi connectivity index (χ0) is 9.80. The molecule has 0 spiro atoms. The van der Waals surface area contributed by atoms with Crippen molar-refractivity contribution in [2.45, 2.75) is 63.6 Å². The molecule has 0 N–H and O–H groups in total. The first-order valence-electron chi connectivity index (χ1n) is 5.99. The highest BCUT2D eigenvalue weighted by Crippen LogP contribution is 2.31. The lowest BCUT2D eigenvalue weighted by Gasteiger charge is -2.24. The van der Waals surface area contributed by atoms with Crippen LogP contribution in [0.25, 0.3) is 0 Å². The maximum Gasteiger partial charge on any atom is 0.148 e. The van der Waals surface area contributed by atoms with E-state index < -0.39 is 0 Å². The lowest BCUT2D eigenvalue weighted by atomic mass is 9.85. The first-order valence-corrected chi connectivity index (χ1v) is 5.99. The number of carbonyl (C=O) groups excluding carboxylic acids is 1. The van der Waals surface area contributed by atoms with Gasteiger partial charge in [0, 0.05) is 0 Å². The molecule has 2 unspecified atom stereocenters. The van der Waals surface area contributed by atoms with E-state index in [1.165, 1.54) is 38.5 Å². The van der Waals surface area contributed by atoms with Crippen molar-refractivity contribution in [2.75, 3.05) is 0 Å². The molecule has 2 nitrogen and oxygen atoms in total. The molecule has 1 aliphatic carbocycles. The molecule has 1 saturated heterocycles. The Hall–Kier alpha value is -0.370. The second-order valence-electron chi connectivity index (χ2n) is 4.75. The maximum absolute atomic E-state index is 10.5. The molecule has 80 valence electrons. The van der Waals surface area contributed by atoms with Gasteiger partial charge in [0.15, 0.2) is 0 Å². The topological polar surface area (TPSA) is 26.3 Å². The molecule has 2 fully saturated rings. The van der Waals surface area contributed by atoms with Gasteiger partial charge in [-0.2, -0.15) is 0 Å². The van der Waals surface area contributed by atoms with Gasteiger partial charge in [-0.25, -0.2) is 0 Å². The van der Waals surface area contributed by atoms with E-state index in [1.807, 2.05) is 0 Å². The van der Waals surface area contributed by atoms with Crippen LogP contribution in [0, 0.1) is 5.92 Å². The van der Waals surface area contributed by atoms with E-state index in [1.54, 1.807) is 0 Å². The van der Waals surface area contributed by atoms with Crippen LogP contribution in [0.1, 0.15) is 51.4 Å². The number of ether oxygens (including phenoxy) is 1. The van der Waals surface area contributed by atoms with Crippen molar-refractivity contribution in [3.8, 4) is 0 Å². The second-order valence-corrected chi connectivity index (χ2v) is 4.75. The van der Waals surface area contributed by atoms with E-state index in [0.29, 0.717) is 6.10 Å². The number of hydrogen-bond acceptors (Lipinski definition) is 2. The molecule has 1 saturated carbocycles. The quantitative estimate of drug-likeness (QED) is 0.649. The molecular weight excluding hydrogens is 176 g/mol. The Morgan fingerprint density at radius 2 is 1.86 bits per heavy atom. The Kier molecular flexibility index (Phi) is 3.57. The van der Waals surface area contributed by atoms with Gasteiger partial charge >= 0.3 is 0 Å². The lowest BCUT2D eigenvalue weighted by molar-refractivity contribution is -0.117. The predicted octanol–water partition coefficient (Wildman–Crippen LogP) is 2.70. The first-order chi connectivity index (χ1) is 6.88. The molecule has 0 aromatic heterocycles. The third kappa shape index (κ3) is 2.57. The van der Waals surface area contributed by atoms with Crippen molar-refractivity contribution in [1.29, 1.82) is 0 Å². The van der Waals surface area contributed by atoms with E-state index in [2.05, 4.69) is 0 Å². The van der Waals surface area contributed by atoms with Crippen LogP contribution in [-0.2, 0) is 9.53 Å². The molecule has 2 heteroatoms. The van der Waals surface area contributed by atoms with E-state index in [4.69, 9.17) is 4.74 Å². The Balaban J connectivity index is 1.72. The largest absolute Gasteiger partial charge is 0.368 e. The molecule has 0 aromatic rings. The van der Waals surface area contributed by atoms with Crippen molar-refractivity contribution in [2.24, 2.45) is 5.92 Å². The summed E-state index contributed by atoms with van der Waals surface area (Å²) in [5.74, 6) is 0.874. The standard InChI is InChI=1S/C12H20O2/c13-9-12-7-6-11(14-12)8-10-4-2-1-3-5-10/h9-12H,1-8H2. The van der Waals surface area contributed by atoms with Gasteiger partial charge in [0.2, 0.25) is 0 Å². The fourth-order valence-corrected chi connectivity index (χ4v) is 2.80. The summed E-state index contributed by atoms with van der Waals surface area (Å²) in [5.41, 5.74) is 0. The maximum atomic E-state index is 10.5. The molecule has 0 aromatic carbocycles. The van der Waals surface area contributed by atoms with E-state index in [0.717, 1.165) is 25.0 Å². The molecule has 2 aliphatic rings. The first kappa shape index (κ1) is 10.2. The summed E-state index contributed by atoms with van der Waals surface area (Å²) in [6.45, 7) is 0. The smallest absolute Gasteiger partial charge is 0.148 e. The van der Waals surface area contributed by atoms with Crippen molar-refractivity contribution in [1.82, 2.24) is 0 Å².